The standard InChI is InChI=1S/C24H26/c1-3-5-7-9-19-11-15-23-21(17-19)13-14-22-18-20(10-8-6-4-2)12-16-24(22)23/h3-4,6,11-18H,1,5,7-10H2,2H3/b6-4+. The van der Waals surface area contributed by atoms with E-state index in [-0.39, 0.29) is 0 Å². The molecule has 0 N–H and O–H groups in total. The van der Waals surface area contributed by atoms with Gasteiger partial charge in [-0.2, -0.15) is 0 Å². The molecule has 0 aliphatic heterocycles. The fourth-order valence-corrected chi connectivity index (χ4v) is 3.35. The van der Waals surface area contributed by atoms with Gasteiger partial charge in [0.1, 0.15) is 0 Å². The van der Waals surface area contributed by atoms with Crippen molar-refractivity contribution in [1.82, 2.24) is 0 Å². The summed E-state index contributed by atoms with van der Waals surface area (Å²) in [6, 6.07) is 18.4. The van der Waals surface area contributed by atoms with Crippen molar-refractivity contribution in [3.63, 3.8) is 0 Å². The lowest BCUT2D eigenvalue weighted by atomic mass is 9.96. The quantitative estimate of drug-likeness (QED) is 0.250. The number of hydrogen-bond donors (Lipinski definition) is 0. The minimum Gasteiger partial charge on any atom is -0.103 e. The van der Waals surface area contributed by atoms with Gasteiger partial charge in [-0.05, 0) is 71.7 Å². The predicted octanol–water partition coefficient (Wildman–Crippen LogP) is 7.01. The van der Waals surface area contributed by atoms with Crippen molar-refractivity contribution in [1.29, 1.82) is 0 Å². The van der Waals surface area contributed by atoms with Crippen LogP contribution >= 0.6 is 0 Å². The Morgan fingerprint density at radius 1 is 0.792 bits per heavy atom. The third kappa shape index (κ3) is 3.76. The van der Waals surface area contributed by atoms with Gasteiger partial charge in [-0.15, -0.1) is 6.58 Å². The van der Waals surface area contributed by atoms with Crippen molar-refractivity contribution in [3.8, 4) is 0 Å². The Morgan fingerprint density at radius 2 is 1.42 bits per heavy atom. The van der Waals surface area contributed by atoms with E-state index in [9.17, 15) is 0 Å². The number of aryl methyl sites for hydroxylation is 2. The van der Waals surface area contributed by atoms with Gasteiger partial charge < -0.3 is 0 Å². The Bertz CT molecular complexity index is 868. The molecule has 0 heterocycles. The van der Waals surface area contributed by atoms with Gasteiger partial charge in [0.25, 0.3) is 0 Å². The zero-order chi connectivity index (χ0) is 16.8. The summed E-state index contributed by atoms with van der Waals surface area (Å²) in [6.07, 6.45) is 12.0. The molecule has 3 aromatic rings. The van der Waals surface area contributed by atoms with Gasteiger partial charge in [0, 0.05) is 0 Å². The molecule has 0 aromatic heterocycles. The molecule has 0 aliphatic rings. The highest BCUT2D eigenvalue weighted by Crippen LogP contribution is 2.27. The summed E-state index contributed by atoms with van der Waals surface area (Å²) in [6.45, 7) is 5.88. The molecule has 0 nitrogen and oxygen atoms in total. The van der Waals surface area contributed by atoms with Crippen LogP contribution in [0.25, 0.3) is 21.5 Å². The highest BCUT2D eigenvalue weighted by atomic mass is 14.1. The van der Waals surface area contributed by atoms with Crippen LogP contribution in [0.15, 0.2) is 73.3 Å². The molecular weight excluding hydrogens is 288 g/mol. The van der Waals surface area contributed by atoms with E-state index in [1.165, 1.54) is 39.1 Å². The Hall–Kier alpha value is -2.34. The molecule has 0 atom stereocenters. The molecule has 0 saturated carbocycles. The zero-order valence-corrected chi connectivity index (χ0v) is 14.6. The SMILES string of the molecule is C=CCCCc1ccc2c(ccc3cc(CC/C=C/C)ccc32)c1. The van der Waals surface area contributed by atoms with Crippen LogP contribution in [-0.2, 0) is 12.8 Å². The van der Waals surface area contributed by atoms with E-state index in [1.54, 1.807) is 0 Å². The smallest absolute Gasteiger partial charge is 0.0105 e. The minimum atomic E-state index is 1.09. The maximum Gasteiger partial charge on any atom is -0.0105 e. The second-order valence-electron chi connectivity index (χ2n) is 6.47. The number of fused-ring (bicyclic) bond motifs is 3. The molecule has 0 radical (unpaired) electrons. The lowest BCUT2D eigenvalue weighted by Gasteiger charge is -2.08. The maximum absolute atomic E-state index is 3.80. The van der Waals surface area contributed by atoms with Crippen LogP contribution in [0.1, 0.15) is 37.3 Å². The lowest BCUT2D eigenvalue weighted by molar-refractivity contribution is 0.845. The first-order valence-corrected chi connectivity index (χ1v) is 8.98. The molecule has 0 spiro atoms. The van der Waals surface area contributed by atoms with Gasteiger partial charge in [-0.3, -0.25) is 0 Å². The maximum atomic E-state index is 3.80. The number of benzene rings is 3. The molecule has 0 aliphatic carbocycles. The third-order valence-electron chi connectivity index (χ3n) is 4.67. The second kappa shape index (κ2) is 7.97. The van der Waals surface area contributed by atoms with Crippen LogP contribution in [0.5, 0.6) is 0 Å². The summed E-state index contributed by atoms with van der Waals surface area (Å²) < 4.78 is 0. The van der Waals surface area contributed by atoms with Gasteiger partial charge in [-0.1, -0.05) is 66.8 Å². The average molecular weight is 314 g/mol. The van der Waals surface area contributed by atoms with Gasteiger partial charge in [0.2, 0.25) is 0 Å². The highest BCUT2D eigenvalue weighted by Gasteiger charge is 2.03. The topological polar surface area (TPSA) is 0 Å². The van der Waals surface area contributed by atoms with Crippen molar-refractivity contribution in [2.45, 2.75) is 39.0 Å². The Balaban J connectivity index is 1.90. The molecule has 3 aromatic carbocycles. The van der Waals surface area contributed by atoms with E-state index in [4.69, 9.17) is 0 Å². The Kier molecular flexibility index (Phi) is 5.48. The van der Waals surface area contributed by atoms with E-state index < -0.39 is 0 Å². The molecule has 24 heavy (non-hydrogen) atoms. The second-order valence-corrected chi connectivity index (χ2v) is 6.47. The number of unbranched alkanes of at least 4 members (excludes halogenated alkanes) is 1. The normalized spacial score (nSPS) is 11.5. The number of rotatable bonds is 7. The average Bonchev–Trinajstić information content (AvgIpc) is 2.62. The Labute approximate surface area is 145 Å². The summed E-state index contributed by atoms with van der Waals surface area (Å²) >= 11 is 0. The molecule has 0 bridgehead atoms. The largest absolute Gasteiger partial charge is 0.103 e. The molecule has 0 unspecified atom stereocenters. The van der Waals surface area contributed by atoms with Crippen molar-refractivity contribution < 1.29 is 0 Å². The molecule has 0 heteroatoms. The van der Waals surface area contributed by atoms with Crippen molar-refractivity contribution in [2.24, 2.45) is 0 Å². The molecule has 3 rings (SSSR count). The van der Waals surface area contributed by atoms with Gasteiger partial charge in [-0.25, -0.2) is 0 Å². The van der Waals surface area contributed by atoms with Crippen LogP contribution < -0.4 is 0 Å². The van der Waals surface area contributed by atoms with E-state index in [0.717, 1.165) is 25.7 Å². The molecule has 122 valence electrons. The predicted molar refractivity (Wildman–Crippen MR) is 108 cm³/mol. The van der Waals surface area contributed by atoms with Gasteiger partial charge in [0.05, 0.1) is 0 Å². The van der Waals surface area contributed by atoms with Crippen LogP contribution in [0.3, 0.4) is 0 Å². The number of hydrogen-bond acceptors (Lipinski definition) is 0. The first-order valence-electron chi connectivity index (χ1n) is 8.98. The fourth-order valence-electron chi connectivity index (χ4n) is 3.35. The highest BCUT2D eigenvalue weighted by molar-refractivity contribution is 6.07. The van der Waals surface area contributed by atoms with E-state index in [0.29, 0.717) is 0 Å². The van der Waals surface area contributed by atoms with Crippen LogP contribution in [0.2, 0.25) is 0 Å². The van der Waals surface area contributed by atoms with E-state index in [1.807, 2.05) is 6.08 Å². The third-order valence-corrected chi connectivity index (χ3v) is 4.67. The minimum absolute atomic E-state index is 1.09. The summed E-state index contributed by atoms with van der Waals surface area (Å²) in [5, 5.41) is 5.42. The number of allylic oxidation sites excluding steroid dienone is 3. The monoisotopic (exact) mass is 314 g/mol. The Morgan fingerprint density at radius 3 is 2.00 bits per heavy atom. The van der Waals surface area contributed by atoms with Crippen molar-refractivity contribution in [2.75, 3.05) is 0 Å². The molecule has 0 amide bonds. The van der Waals surface area contributed by atoms with Crippen molar-refractivity contribution in [3.05, 3.63) is 84.5 Å². The summed E-state index contributed by atoms with van der Waals surface area (Å²) in [5.41, 5.74) is 2.84. The van der Waals surface area contributed by atoms with Gasteiger partial charge >= 0.3 is 0 Å². The summed E-state index contributed by atoms with van der Waals surface area (Å²) in [4.78, 5) is 0. The lowest BCUT2D eigenvalue weighted by Crippen LogP contribution is -1.87. The van der Waals surface area contributed by atoms with Crippen LogP contribution in [0.4, 0.5) is 0 Å². The van der Waals surface area contributed by atoms with Crippen LogP contribution in [-0.4, -0.2) is 0 Å². The zero-order valence-electron chi connectivity index (χ0n) is 14.6. The molecule has 0 fully saturated rings. The van der Waals surface area contributed by atoms with E-state index in [2.05, 4.69) is 74.2 Å². The summed E-state index contributed by atoms with van der Waals surface area (Å²) in [7, 11) is 0. The van der Waals surface area contributed by atoms with E-state index >= 15 is 0 Å². The van der Waals surface area contributed by atoms with Crippen LogP contribution in [0, 0.1) is 0 Å². The first kappa shape index (κ1) is 16.5. The summed E-state index contributed by atoms with van der Waals surface area (Å²) in [5.74, 6) is 0. The fraction of sp³-hybridized carbons (Fsp3) is 0.250. The first-order chi connectivity index (χ1) is 11.8. The van der Waals surface area contributed by atoms with Crippen molar-refractivity contribution >= 4 is 21.5 Å². The molecule has 0 saturated heterocycles. The molecular formula is C24H26. The van der Waals surface area contributed by atoms with Gasteiger partial charge in [0.15, 0.2) is 0 Å².